The molecule has 2 atom stereocenters. The maximum Gasteiger partial charge on any atom is 0.226 e. The van der Waals surface area contributed by atoms with Gasteiger partial charge in [0.05, 0.1) is 18.5 Å². The van der Waals surface area contributed by atoms with E-state index in [1.165, 1.54) is 0 Å². The van der Waals surface area contributed by atoms with E-state index in [1.54, 1.807) is 36.3 Å². The molecule has 1 aromatic heterocycles. The number of rotatable bonds is 4. The maximum absolute atomic E-state index is 12.2. The summed E-state index contributed by atoms with van der Waals surface area (Å²) in [5.41, 5.74) is 1.69. The number of benzene rings is 1. The Kier molecular flexibility index (Phi) is 4.34. The molecule has 2 aromatic rings. The Bertz CT molecular complexity index is 699. The van der Waals surface area contributed by atoms with Gasteiger partial charge in [0.2, 0.25) is 11.8 Å². The molecule has 0 spiro atoms. The lowest BCUT2D eigenvalue weighted by atomic mass is 10.00. The smallest absolute Gasteiger partial charge is 0.226 e. The summed E-state index contributed by atoms with van der Waals surface area (Å²) in [6.45, 7) is 0. The first-order valence-corrected chi connectivity index (χ1v) is 7.71. The summed E-state index contributed by atoms with van der Waals surface area (Å²) in [6.07, 6.45) is 2.10. The zero-order valence-corrected chi connectivity index (χ0v) is 13.4. The first kappa shape index (κ1) is 15.6. The van der Waals surface area contributed by atoms with Crippen molar-refractivity contribution in [1.82, 2.24) is 20.4 Å². The Morgan fingerprint density at radius 1 is 1.39 bits per heavy atom. The molecule has 2 unspecified atom stereocenters. The van der Waals surface area contributed by atoms with Crippen LogP contribution in [0.25, 0.3) is 0 Å². The van der Waals surface area contributed by atoms with Crippen LogP contribution in [0.15, 0.2) is 36.5 Å². The number of likely N-dealkylation sites (tertiary alicyclic amines) is 1. The Morgan fingerprint density at radius 3 is 2.78 bits per heavy atom. The quantitative estimate of drug-likeness (QED) is 0.894. The van der Waals surface area contributed by atoms with Gasteiger partial charge in [-0.25, -0.2) is 0 Å². The minimum atomic E-state index is -0.260. The lowest BCUT2D eigenvalue weighted by Gasteiger charge is -2.26. The average molecular weight is 333 g/mol. The van der Waals surface area contributed by atoms with Gasteiger partial charge in [0.25, 0.3) is 0 Å². The number of nitrogens with one attached hydrogen (secondary N) is 2. The molecule has 0 saturated carbocycles. The first-order chi connectivity index (χ1) is 11.0. The Hall–Kier alpha value is -2.34. The molecular weight excluding hydrogens is 316 g/mol. The van der Waals surface area contributed by atoms with Crippen LogP contribution in [0, 0.1) is 0 Å². The molecule has 1 saturated heterocycles. The third-order valence-corrected chi connectivity index (χ3v) is 4.31. The lowest BCUT2D eigenvalue weighted by Crippen LogP contribution is -2.39. The molecule has 2 amide bonds. The summed E-state index contributed by atoms with van der Waals surface area (Å²) < 4.78 is 0. The van der Waals surface area contributed by atoms with E-state index < -0.39 is 0 Å². The van der Waals surface area contributed by atoms with E-state index in [9.17, 15) is 9.59 Å². The Labute approximate surface area is 138 Å². The third-order valence-electron chi connectivity index (χ3n) is 4.05. The highest BCUT2D eigenvalue weighted by molar-refractivity contribution is 6.30. The number of nitrogens with zero attached hydrogens (tertiary/aromatic N) is 2. The fourth-order valence-electron chi connectivity index (χ4n) is 2.93. The summed E-state index contributed by atoms with van der Waals surface area (Å²) in [7, 11) is 1.75. The summed E-state index contributed by atoms with van der Waals surface area (Å²) in [5, 5.41) is 10.2. The second-order valence-corrected chi connectivity index (χ2v) is 6.07. The van der Waals surface area contributed by atoms with Crippen LogP contribution in [0.3, 0.4) is 0 Å². The highest BCUT2D eigenvalue weighted by Crippen LogP contribution is 2.32. The minimum absolute atomic E-state index is 0.0109. The number of aromatic nitrogens is 2. The van der Waals surface area contributed by atoms with Crippen molar-refractivity contribution in [2.24, 2.45) is 0 Å². The summed E-state index contributed by atoms with van der Waals surface area (Å²) in [6, 6.07) is 8.65. The van der Waals surface area contributed by atoms with Gasteiger partial charge in [-0.2, -0.15) is 5.10 Å². The molecule has 1 fully saturated rings. The van der Waals surface area contributed by atoms with Gasteiger partial charge >= 0.3 is 0 Å². The number of halogens is 1. The van der Waals surface area contributed by atoms with Crippen molar-refractivity contribution in [2.45, 2.75) is 24.9 Å². The molecule has 120 valence electrons. The van der Waals surface area contributed by atoms with Crippen LogP contribution in [0.2, 0.25) is 5.02 Å². The maximum atomic E-state index is 12.2. The van der Waals surface area contributed by atoms with E-state index in [2.05, 4.69) is 15.5 Å². The number of likely N-dealkylation sites (N-methyl/N-ethyl adjacent to an activating group) is 1. The van der Waals surface area contributed by atoms with Gasteiger partial charge in [0.15, 0.2) is 0 Å². The van der Waals surface area contributed by atoms with Crippen LogP contribution < -0.4 is 5.32 Å². The van der Waals surface area contributed by atoms with Crippen molar-refractivity contribution < 1.29 is 9.59 Å². The van der Waals surface area contributed by atoms with Gasteiger partial charge in [-0.3, -0.25) is 14.7 Å². The molecule has 0 bridgehead atoms. The predicted molar refractivity (Wildman–Crippen MR) is 85.8 cm³/mol. The number of aromatic amines is 1. The largest absolute Gasteiger partial charge is 0.350 e. The molecular formula is C16H17ClN4O2. The topological polar surface area (TPSA) is 78.1 Å². The van der Waals surface area contributed by atoms with Crippen LogP contribution in [0.4, 0.5) is 0 Å². The van der Waals surface area contributed by atoms with Crippen molar-refractivity contribution in [1.29, 1.82) is 0 Å². The van der Waals surface area contributed by atoms with E-state index in [0.29, 0.717) is 11.4 Å². The molecule has 2 heterocycles. The summed E-state index contributed by atoms with van der Waals surface area (Å²) >= 11 is 5.92. The highest BCUT2D eigenvalue weighted by atomic mass is 35.5. The van der Waals surface area contributed by atoms with E-state index in [4.69, 9.17) is 11.6 Å². The molecule has 0 radical (unpaired) electrons. The standard InChI is InChI=1S/C16H17ClN4O2/c1-21-15(23)9-13(16(21)10-2-4-11(17)5-3-10)19-14(22)8-12-6-7-18-20-12/h2-7,13,16H,8-9H2,1H3,(H,18,20)(H,19,22). The zero-order chi connectivity index (χ0) is 16.4. The highest BCUT2D eigenvalue weighted by Gasteiger charge is 2.39. The fraction of sp³-hybridized carbons (Fsp3) is 0.312. The molecule has 1 aliphatic rings. The van der Waals surface area contributed by atoms with Crippen LogP contribution in [-0.2, 0) is 16.0 Å². The SMILES string of the molecule is CN1C(=O)CC(NC(=O)Cc2ccn[nH]2)C1c1ccc(Cl)cc1. The van der Waals surface area contributed by atoms with Gasteiger partial charge in [-0.05, 0) is 23.8 Å². The van der Waals surface area contributed by atoms with Crippen molar-refractivity contribution in [2.75, 3.05) is 7.05 Å². The van der Waals surface area contributed by atoms with E-state index in [1.807, 2.05) is 12.1 Å². The summed E-state index contributed by atoms with van der Waals surface area (Å²) in [5.74, 6) is -0.127. The molecule has 7 heteroatoms. The molecule has 2 N–H and O–H groups in total. The van der Waals surface area contributed by atoms with Crippen molar-refractivity contribution in [3.63, 3.8) is 0 Å². The minimum Gasteiger partial charge on any atom is -0.350 e. The molecule has 23 heavy (non-hydrogen) atoms. The fourth-order valence-corrected chi connectivity index (χ4v) is 3.05. The second-order valence-electron chi connectivity index (χ2n) is 5.64. The third kappa shape index (κ3) is 3.37. The van der Waals surface area contributed by atoms with Gasteiger partial charge in [0, 0.05) is 30.4 Å². The van der Waals surface area contributed by atoms with Gasteiger partial charge < -0.3 is 10.2 Å². The van der Waals surface area contributed by atoms with Gasteiger partial charge in [0.1, 0.15) is 0 Å². The van der Waals surface area contributed by atoms with E-state index >= 15 is 0 Å². The van der Waals surface area contributed by atoms with Crippen LogP contribution in [-0.4, -0.2) is 40.0 Å². The first-order valence-electron chi connectivity index (χ1n) is 7.33. The van der Waals surface area contributed by atoms with Gasteiger partial charge in [-0.1, -0.05) is 23.7 Å². The molecule has 1 aromatic carbocycles. The Morgan fingerprint density at radius 2 is 2.13 bits per heavy atom. The number of H-pyrrole nitrogens is 1. The van der Waals surface area contributed by atoms with Crippen LogP contribution >= 0.6 is 11.6 Å². The molecule has 0 aliphatic carbocycles. The number of hydrogen-bond donors (Lipinski definition) is 2. The number of carbonyl (C=O) groups is 2. The normalized spacial score (nSPS) is 20.8. The van der Waals surface area contributed by atoms with E-state index in [0.717, 1.165) is 11.3 Å². The Balaban J connectivity index is 1.75. The van der Waals surface area contributed by atoms with Crippen molar-refractivity contribution in [3.05, 3.63) is 52.8 Å². The molecule has 6 nitrogen and oxygen atoms in total. The average Bonchev–Trinajstić information content (AvgIpc) is 3.10. The van der Waals surface area contributed by atoms with Crippen LogP contribution in [0.5, 0.6) is 0 Å². The number of carbonyl (C=O) groups excluding carboxylic acids is 2. The van der Waals surface area contributed by atoms with Crippen molar-refractivity contribution in [3.8, 4) is 0 Å². The van der Waals surface area contributed by atoms with Crippen LogP contribution in [0.1, 0.15) is 23.7 Å². The monoisotopic (exact) mass is 332 g/mol. The lowest BCUT2D eigenvalue weighted by molar-refractivity contribution is -0.127. The van der Waals surface area contributed by atoms with Gasteiger partial charge in [-0.15, -0.1) is 0 Å². The predicted octanol–water partition coefficient (Wildman–Crippen LogP) is 1.69. The number of hydrogen-bond acceptors (Lipinski definition) is 3. The van der Waals surface area contributed by atoms with E-state index in [-0.39, 0.29) is 30.3 Å². The van der Waals surface area contributed by atoms with Crippen molar-refractivity contribution >= 4 is 23.4 Å². The number of amides is 2. The molecule has 1 aliphatic heterocycles. The summed E-state index contributed by atoms with van der Waals surface area (Å²) in [4.78, 5) is 25.9. The zero-order valence-electron chi connectivity index (χ0n) is 12.6. The molecule has 3 rings (SSSR count). The second kappa shape index (κ2) is 6.42.